The second kappa shape index (κ2) is 5.04. The Labute approximate surface area is 82.1 Å². The second-order valence-corrected chi connectivity index (χ2v) is 2.87. The summed E-state index contributed by atoms with van der Waals surface area (Å²) in [5, 5.41) is 13.0. The van der Waals surface area contributed by atoms with Gasteiger partial charge in [-0.2, -0.15) is 4.98 Å². The van der Waals surface area contributed by atoms with Gasteiger partial charge >= 0.3 is 0 Å². The van der Waals surface area contributed by atoms with E-state index in [4.69, 9.17) is 15.0 Å². The van der Waals surface area contributed by atoms with Crippen molar-refractivity contribution in [3.63, 3.8) is 0 Å². The van der Waals surface area contributed by atoms with Crippen LogP contribution in [0.2, 0.25) is 0 Å². The Balaban J connectivity index is 2.76. The Kier molecular flexibility index (Phi) is 3.99. The van der Waals surface area contributed by atoms with Gasteiger partial charge in [0.25, 0.3) is 5.89 Å². The number of hydrogen-bond donors (Lipinski definition) is 2. The van der Waals surface area contributed by atoms with Crippen LogP contribution in [0.15, 0.2) is 4.52 Å². The maximum Gasteiger partial charge on any atom is 0.256 e. The van der Waals surface area contributed by atoms with Crippen LogP contribution in [0.4, 0.5) is 0 Å². The number of nitrogens with zero attached hydrogens (tertiary/aromatic N) is 2. The number of aromatic nitrogens is 2. The molecule has 0 saturated heterocycles. The zero-order chi connectivity index (χ0) is 10.6. The van der Waals surface area contributed by atoms with Crippen LogP contribution >= 0.6 is 0 Å². The van der Waals surface area contributed by atoms with E-state index in [-0.39, 0.29) is 18.5 Å². The van der Waals surface area contributed by atoms with Crippen LogP contribution in [-0.4, -0.2) is 28.9 Å². The molecule has 80 valence electrons. The standard InChI is InChI=1S/C8H15N3O3/c1-3-6(13-2)7-10-8(14-11-7)5(12)4-9/h5-6,12H,3-4,9H2,1-2H3/t5-,6?/m0/s1. The largest absolute Gasteiger partial charge is 0.382 e. The number of nitrogens with two attached hydrogens (primary N) is 1. The van der Waals surface area contributed by atoms with Crippen LogP contribution in [0, 0.1) is 0 Å². The number of methoxy groups -OCH3 is 1. The van der Waals surface area contributed by atoms with Gasteiger partial charge in [-0.3, -0.25) is 0 Å². The Hall–Kier alpha value is -0.980. The fourth-order valence-electron chi connectivity index (χ4n) is 1.07. The van der Waals surface area contributed by atoms with E-state index in [9.17, 15) is 5.11 Å². The summed E-state index contributed by atoms with van der Waals surface area (Å²) >= 11 is 0. The lowest BCUT2D eigenvalue weighted by molar-refractivity contribution is 0.0902. The van der Waals surface area contributed by atoms with Gasteiger partial charge in [-0.1, -0.05) is 12.1 Å². The zero-order valence-electron chi connectivity index (χ0n) is 8.30. The maximum atomic E-state index is 9.31. The highest BCUT2D eigenvalue weighted by molar-refractivity contribution is 4.93. The number of hydrogen-bond acceptors (Lipinski definition) is 6. The van der Waals surface area contributed by atoms with Crippen molar-refractivity contribution < 1.29 is 14.4 Å². The van der Waals surface area contributed by atoms with Crippen LogP contribution in [-0.2, 0) is 4.74 Å². The van der Waals surface area contributed by atoms with Gasteiger partial charge in [0, 0.05) is 13.7 Å². The first-order valence-corrected chi connectivity index (χ1v) is 4.47. The molecular formula is C8H15N3O3. The lowest BCUT2D eigenvalue weighted by Gasteiger charge is -2.06. The van der Waals surface area contributed by atoms with Crippen molar-refractivity contribution in [3.05, 3.63) is 11.7 Å². The fourth-order valence-corrected chi connectivity index (χ4v) is 1.07. The first-order chi connectivity index (χ1) is 6.72. The molecule has 0 amide bonds. The summed E-state index contributed by atoms with van der Waals surface area (Å²) in [5.74, 6) is 0.579. The quantitative estimate of drug-likeness (QED) is 0.704. The van der Waals surface area contributed by atoms with Gasteiger partial charge in [-0.25, -0.2) is 0 Å². The zero-order valence-corrected chi connectivity index (χ0v) is 8.30. The molecule has 1 aromatic heterocycles. The molecule has 0 aliphatic rings. The van der Waals surface area contributed by atoms with E-state index in [0.29, 0.717) is 5.82 Å². The van der Waals surface area contributed by atoms with Gasteiger partial charge in [-0.15, -0.1) is 0 Å². The average Bonchev–Trinajstić information content (AvgIpc) is 2.68. The lowest BCUT2D eigenvalue weighted by atomic mass is 10.2. The summed E-state index contributed by atoms with van der Waals surface area (Å²) in [4.78, 5) is 3.99. The Morgan fingerprint density at radius 3 is 2.86 bits per heavy atom. The number of aliphatic hydroxyl groups excluding tert-OH is 1. The van der Waals surface area contributed by atoms with Gasteiger partial charge in [-0.05, 0) is 6.42 Å². The van der Waals surface area contributed by atoms with Gasteiger partial charge in [0.15, 0.2) is 0 Å². The van der Waals surface area contributed by atoms with Gasteiger partial charge < -0.3 is 20.1 Å². The van der Waals surface area contributed by atoms with E-state index in [0.717, 1.165) is 6.42 Å². The molecule has 0 aliphatic carbocycles. The highest BCUT2D eigenvalue weighted by Gasteiger charge is 2.19. The number of ether oxygens (including phenoxy) is 1. The average molecular weight is 201 g/mol. The minimum Gasteiger partial charge on any atom is -0.382 e. The molecule has 0 spiro atoms. The third-order valence-corrected chi connectivity index (χ3v) is 1.91. The van der Waals surface area contributed by atoms with Crippen LogP contribution in [0.5, 0.6) is 0 Å². The Morgan fingerprint density at radius 1 is 1.64 bits per heavy atom. The van der Waals surface area contributed by atoms with Crippen LogP contribution in [0.3, 0.4) is 0 Å². The van der Waals surface area contributed by atoms with E-state index < -0.39 is 6.10 Å². The van der Waals surface area contributed by atoms with Crippen molar-refractivity contribution in [3.8, 4) is 0 Å². The fraction of sp³-hybridized carbons (Fsp3) is 0.750. The van der Waals surface area contributed by atoms with Crippen molar-refractivity contribution in [2.45, 2.75) is 25.6 Å². The summed E-state index contributed by atoms with van der Waals surface area (Å²) in [6.07, 6.45) is -0.350. The van der Waals surface area contributed by atoms with Gasteiger partial charge in [0.2, 0.25) is 5.82 Å². The molecule has 14 heavy (non-hydrogen) atoms. The Bertz CT molecular complexity index is 273. The normalized spacial score (nSPS) is 15.4. The SMILES string of the molecule is CCC(OC)c1noc([C@@H](O)CN)n1. The van der Waals surface area contributed by atoms with Crippen molar-refractivity contribution in [2.75, 3.05) is 13.7 Å². The first-order valence-electron chi connectivity index (χ1n) is 4.47. The van der Waals surface area contributed by atoms with Crippen molar-refractivity contribution in [1.29, 1.82) is 0 Å². The molecule has 0 aliphatic heterocycles. The van der Waals surface area contributed by atoms with E-state index in [1.165, 1.54) is 0 Å². The third kappa shape index (κ3) is 2.28. The first kappa shape index (κ1) is 11.1. The summed E-state index contributed by atoms with van der Waals surface area (Å²) in [6, 6.07) is 0. The van der Waals surface area contributed by atoms with E-state index in [1.54, 1.807) is 7.11 Å². The topological polar surface area (TPSA) is 94.4 Å². The molecule has 1 heterocycles. The molecule has 0 aromatic carbocycles. The molecule has 1 aromatic rings. The summed E-state index contributed by atoms with van der Waals surface area (Å²) in [7, 11) is 1.57. The van der Waals surface area contributed by atoms with Crippen LogP contribution in [0.1, 0.15) is 37.3 Å². The molecule has 0 fully saturated rings. The molecular weight excluding hydrogens is 186 g/mol. The highest BCUT2D eigenvalue weighted by Crippen LogP contribution is 2.18. The summed E-state index contributed by atoms with van der Waals surface area (Å²) in [6.45, 7) is 2.01. The predicted octanol–water partition coefficient (Wildman–Crippen LogP) is 0.159. The van der Waals surface area contributed by atoms with Gasteiger partial charge in [0.1, 0.15) is 12.2 Å². The minimum atomic E-state index is -0.898. The van der Waals surface area contributed by atoms with E-state index in [2.05, 4.69) is 10.1 Å². The third-order valence-electron chi connectivity index (χ3n) is 1.91. The maximum absolute atomic E-state index is 9.31. The number of aliphatic hydroxyl groups is 1. The predicted molar refractivity (Wildman–Crippen MR) is 48.4 cm³/mol. The smallest absolute Gasteiger partial charge is 0.256 e. The number of rotatable bonds is 5. The van der Waals surface area contributed by atoms with Crippen LogP contribution in [0.25, 0.3) is 0 Å². The lowest BCUT2D eigenvalue weighted by Crippen LogP contribution is -2.12. The molecule has 3 N–H and O–H groups in total. The molecule has 2 atom stereocenters. The molecule has 0 saturated carbocycles. The van der Waals surface area contributed by atoms with Crippen molar-refractivity contribution in [2.24, 2.45) is 5.73 Å². The minimum absolute atomic E-state index is 0.0609. The Morgan fingerprint density at radius 2 is 2.36 bits per heavy atom. The van der Waals surface area contributed by atoms with E-state index in [1.807, 2.05) is 6.92 Å². The highest BCUT2D eigenvalue weighted by atomic mass is 16.5. The van der Waals surface area contributed by atoms with Crippen molar-refractivity contribution in [1.82, 2.24) is 10.1 Å². The molecule has 1 rings (SSSR count). The molecule has 0 bridgehead atoms. The van der Waals surface area contributed by atoms with E-state index >= 15 is 0 Å². The summed E-state index contributed by atoms with van der Waals surface area (Å²) < 4.78 is 9.95. The summed E-state index contributed by atoms with van der Waals surface area (Å²) in [5.41, 5.74) is 5.25. The molecule has 6 nitrogen and oxygen atoms in total. The molecule has 0 radical (unpaired) electrons. The monoisotopic (exact) mass is 201 g/mol. The van der Waals surface area contributed by atoms with Gasteiger partial charge in [0.05, 0.1) is 0 Å². The van der Waals surface area contributed by atoms with Crippen LogP contribution < -0.4 is 5.73 Å². The second-order valence-electron chi connectivity index (χ2n) is 2.87. The molecule has 1 unspecified atom stereocenters. The van der Waals surface area contributed by atoms with Crippen molar-refractivity contribution >= 4 is 0 Å². The molecule has 6 heteroatoms.